The van der Waals surface area contributed by atoms with Gasteiger partial charge in [0.05, 0.1) is 6.54 Å². The number of hydrogen-bond donors (Lipinski definition) is 0. The Morgan fingerprint density at radius 3 is 2.14 bits per heavy atom. The summed E-state index contributed by atoms with van der Waals surface area (Å²) in [5.74, 6) is 0.759. The second-order valence-electron chi connectivity index (χ2n) is 9.39. The lowest BCUT2D eigenvalue weighted by Gasteiger charge is -2.29. The third-order valence-electron chi connectivity index (χ3n) is 5.78. The summed E-state index contributed by atoms with van der Waals surface area (Å²) in [6.07, 6.45) is 0.908. The first-order valence-corrected chi connectivity index (χ1v) is 10.4. The average Bonchev–Trinajstić information content (AvgIpc) is 2.93. The van der Waals surface area contributed by atoms with Gasteiger partial charge in [-0.1, -0.05) is 83.1 Å². The molecule has 1 fully saturated rings. The predicted molar refractivity (Wildman–Crippen MR) is 116 cm³/mol. The number of amides is 1. The summed E-state index contributed by atoms with van der Waals surface area (Å²) in [4.78, 5) is 16.8. The van der Waals surface area contributed by atoms with Crippen LogP contribution in [-0.4, -0.2) is 35.8 Å². The molecule has 0 spiro atoms. The van der Waals surface area contributed by atoms with E-state index in [0.717, 1.165) is 13.0 Å². The molecule has 1 saturated heterocycles. The van der Waals surface area contributed by atoms with Crippen LogP contribution in [0.5, 0.6) is 0 Å². The van der Waals surface area contributed by atoms with Crippen LogP contribution < -0.4 is 0 Å². The van der Waals surface area contributed by atoms with Gasteiger partial charge in [0.15, 0.2) is 0 Å². The third-order valence-corrected chi connectivity index (χ3v) is 5.78. The van der Waals surface area contributed by atoms with Crippen LogP contribution in [0.3, 0.4) is 0 Å². The summed E-state index contributed by atoms with van der Waals surface area (Å²) in [7, 11) is 2.04. The second-order valence-corrected chi connectivity index (χ2v) is 9.39. The van der Waals surface area contributed by atoms with Crippen LogP contribution in [0.4, 0.5) is 0 Å². The van der Waals surface area contributed by atoms with Crippen molar-refractivity contribution in [3.05, 3.63) is 70.8 Å². The molecule has 0 bridgehead atoms. The van der Waals surface area contributed by atoms with Crippen molar-refractivity contribution in [2.24, 2.45) is 0 Å². The molecule has 0 aromatic heterocycles. The quantitative estimate of drug-likeness (QED) is 0.721. The fourth-order valence-electron chi connectivity index (χ4n) is 3.92. The zero-order valence-electron chi connectivity index (χ0n) is 18.2. The number of nitrogens with zero attached hydrogens (tertiary/aromatic N) is 2. The van der Waals surface area contributed by atoms with Crippen molar-refractivity contribution < 1.29 is 4.79 Å². The van der Waals surface area contributed by atoms with Crippen molar-refractivity contribution in [1.82, 2.24) is 9.80 Å². The van der Waals surface area contributed by atoms with Crippen LogP contribution in [0.25, 0.3) is 0 Å². The minimum atomic E-state index is 0.0245. The fourth-order valence-corrected chi connectivity index (χ4v) is 3.92. The van der Waals surface area contributed by atoms with Gasteiger partial charge in [0.1, 0.15) is 6.17 Å². The van der Waals surface area contributed by atoms with Crippen LogP contribution in [0.1, 0.15) is 69.0 Å². The topological polar surface area (TPSA) is 23.6 Å². The lowest BCUT2D eigenvalue weighted by atomic mass is 9.86. The number of carbonyl (C=O) groups is 1. The molecule has 0 saturated carbocycles. The van der Waals surface area contributed by atoms with E-state index in [4.69, 9.17) is 0 Å². The Balaban J connectivity index is 1.74. The van der Waals surface area contributed by atoms with Gasteiger partial charge < -0.3 is 4.90 Å². The van der Waals surface area contributed by atoms with Gasteiger partial charge in [-0.2, -0.15) is 0 Å². The summed E-state index contributed by atoms with van der Waals surface area (Å²) in [6.45, 7) is 12.3. The largest absolute Gasteiger partial charge is 0.321 e. The molecule has 1 aliphatic rings. The zero-order chi connectivity index (χ0) is 20.5. The molecule has 3 heteroatoms. The first kappa shape index (κ1) is 20.6. The summed E-state index contributed by atoms with van der Waals surface area (Å²) < 4.78 is 0. The van der Waals surface area contributed by atoms with Gasteiger partial charge in [-0.15, -0.1) is 0 Å². The molecule has 150 valence electrons. The Bertz CT molecular complexity index is 800. The van der Waals surface area contributed by atoms with Gasteiger partial charge in [0.25, 0.3) is 0 Å². The maximum Gasteiger partial charge on any atom is 0.238 e. The minimum absolute atomic E-state index is 0.0245. The van der Waals surface area contributed by atoms with E-state index >= 15 is 0 Å². The maximum absolute atomic E-state index is 12.6. The molecule has 3 rings (SSSR count). The Morgan fingerprint density at radius 1 is 1.00 bits per heavy atom. The molecule has 1 atom stereocenters. The average molecular weight is 379 g/mol. The molecule has 3 nitrogen and oxygen atoms in total. The molecule has 28 heavy (non-hydrogen) atoms. The van der Waals surface area contributed by atoms with Crippen LogP contribution in [0, 0.1) is 0 Å². The van der Waals surface area contributed by atoms with Crippen LogP contribution in [-0.2, 0) is 16.6 Å². The van der Waals surface area contributed by atoms with E-state index in [9.17, 15) is 4.79 Å². The van der Waals surface area contributed by atoms with Gasteiger partial charge in [-0.05, 0) is 47.1 Å². The molecule has 0 aliphatic carbocycles. The van der Waals surface area contributed by atoms with E-state index in [1.54, 1.807) is 0 Å². The van der Waals surface area contributed by atoms with Crippen molar-refractivity contribution in [3.8, 4) is 0 Å². The first-order chi connectivity index (χ1) is 13.2. The normalized spacial score (nSPS) is 18.3. The summed E-state index contributed by atoms with van der Waals surface area (Å²) in [6, 6.07) is 17.6. The van der Waals surface area contributed by atoms with Gasteiger partial charge in [0.2, 0.25) is 5.91 Å². The fraction of sp³-hybridized carbons (Fsp3) is 0.480. The van der Waals surface area contributed by atoms with Crippen molar-refractivity contribution in [3.63, 3.8) is 0 Å². The highest BCUT2D eigenvalue weighted by Gasteiger charge is 2.36. The number of benzene rings is 2. The van der Waals surface area contributed by atoms with Crippen LogP contribution in [0.2, 0.25) is 0 Å². The minimum Gasteiger partial charge on any atom is -0.321 e. The van der Waals surface area contributed by atoms with E-state index < -0.39 is 0 Å². The summed E-state index contributed by atoms with van der Waals surface area (Å²) in [5.41, 5.74) is 5.29. The van der Waals surface area contributed by atoms with E-state index in [-0.39, 0.29) is 17.5 Å². The number of carbonyl (C=O) groups excluding carboxylic acids is 1. The highest BCUT2D eigenvalue weighted by molar-refractivity contribution is 5.81. The molecule has 1 amide bonds. The van der Waals surface area contributed by atoms with Crippen LogP contribution >= 0.6 is 0 Å². The number of hydrogen-bond acceptors (Lipinski definition) is 2. The van der Waals surface area contributed by atoms with Gasteiger partial charge in [0, 0.05) is 6.54 Å². The molecule has 1 unspecified atom stereocenters. The van der Waals surface area contributed by atoms with Crippen LogP contribution in [0.15, 0.2) is 48.5 Å². The lowest BCUT2D eigenvalue weighted by molar-refractivity contribution is -0.128. The highest BCUT2D eigenvalue weighted by Crippen LogP contribution is 2.31. The number of rotatable bonds is 5. The summed E-state index contributed by atoms with van der Waals surface area (Å²) in [5, 5.41) is 0. The molecule has 2 aromatic rings. The highest BCUT2D eigenvalue weighted by atomic mass is 16.2. The molecule has 1 aliphatic heterocycles. The molecule has 2 aromatic carbocycles. The smallest absolute Gasteiger partial charge is 0.238 e. The van der Waals surface area contributed by atoms with E-state index in [1.807, 2.05) is 11.9 Å². The molecule has 1 heterocycles. The van der Waals surface area contributed by atoms with Crippen molar-refractivity contribution in [2.75, 3.05) is 20.1 Å². The Morgan fingerprint density at radius 2 is 1.61 bits per heavy atom. The maximum atomic E-state index is 12.6. The molecular formula is C25H34N2O. The lowest BCUT2D eigenvalue weighted by Crippen LogP contribution is -2.32. The Kier molecular flexibility index (Phi) is 5.95. The SMILES string of the molecule is CC(C)c1ccc(CCN2C(=O)CN(C)C2c2ccc(C(C)(C)C)cc2)cc1. The predicted octanol–water partition coefficient (Wildman–Crippen LogP) is 5.12. The monoisotopic (exact) mass is 378 g/mol. The standard InChI is InChI=1S/C25H34N2O/c1-18(2)20-9-7-19(8-10-20)15-16-27-23(28)17-26(6)24(27)21-11-13-22(14-12-21)25(3,4)5/h7-14,18,24H,15-17H2,1-6H3. The third kappa shape index (κ3) is 4.47. The molecule has 0 radical (unpaired) electrons. The summed E-state index contributed by atoms with van der Waals surface area (Å²) >= 11 is 0. The van der Waals surface area contributed by atoms with E-state index in [0.29, 0.717) is 12.5 Å². The molecule has 0 N–H and O–H groups in total. The van der Waals surface area contributed by atoms with Crippen molar-refractivity contribution >= 4 is 5.91 Å². The van der Waals surface area contributed by atoms with Gasteiger partial charge >= 0.3 is 0 Å². The van der Waals surface area contributed by atoms with E-state index in [2.05, 4.69) is 88.0 Å². The van der Waals surface area contributed by atoms with E-state index in [1.165, 1.54) is 22.3 Å². The van der Waals surface area contributed by atoms with Crippen molar-refractivity contribution in [1.29, 1.82) is 0 Å². The zero-order valence-corrected chi connectivity index (χ0v) is 18.2. The molecular weight excluding hydrogens is 344 g/mol. The Hall–Kier alpha value is -2.13. The Labute approximate surface area is 170 Å². The van der Waals surface area contributed by atoms with Crippen molar-refractivity contribution in [2.45, 2.75) is 58.5 Å². The second kappa shape index (κ2) is 8.08. The number of likely N-dealkylation sites (N-methyl/N-ethyl adjacent to an activating group) is 1. The van der Waals surface area contributed by atoms with Gasteiger partial charge in [-0.3, -0.25) is 9.69 Å². The first-order valence-electron chi connectivity index (χ1n) is 10.4. The van der Waals surface area contributed by atoms with Gasteiger partial charge in [-0.25, -0.2) is 0 Å².